The lowest BCUT2D eigenvalue weighted by atomic mass is 10.0. The predicted molar refractivity (Wildman–Crippen MR) is 112 cm³/mol. The molecule has 1 aromatic heterocycles. The minimum Gasteiger partial charge on any atom is -0.436 e. The van der Waals surface area contributed by atoms with Gasteiger partial charge in [0.2, 0.25) is 5.89 Å². The lowest BCUT2D eigenvalue weighted by Gasteiger charge is -2.37. The van der Waals surface area contributed by atoms with E-state index < -0.39 is 5.79 Å². The molecule has 0 unspecified atom stereocenters. The molecule has 2 aliphatic rings. The van der Waals surface area contributed by atoms with E-state index in [4.69, 9.17) is 13.9 Å². The van der Waals surface area contributed by atoms with E-state index in [2.05, 4.69) is 4.98 Å². The van der Waals surface area contributed by atoms with Gasteiger partial charge < -0.3 is 18.8 Å². The van der Waals surface area contributed by atoms with Gasteiger partial charge in [-0.25, -0.2) is 4.98 Å². The van der Waals surface area contributed by atoms with Crippen molar-refractivity contribution >= 4 is 5.91 Å². The Kier molecular flexibility index (Phi) is 4.89. The number of piperidine rings is 1. The van der Waals surface area contributed by atoms with Gasteiger partial charge in [-0.05, 0) is 19.1 Å². The van der Waals surface area contributed by atoms with Gasteiger partial charge in [0.1, 0.15) is 0 Å². The summed E-state index contributed by atoms with van der Waals surface area (Å²) in [5, 5.41) is 0. The first-order valence-electron chi connectivity index (χ1n) is 10.3. The highest BCUT2D eigenvalue weighted by molar-refractivity contribution is 6.00. The number of amides is 1. The third-order valence-corrected chi connectivity index (χ3v) is 5.86. The summed E-state index contributed by atoms with van der Waals surface area (Å²) in [6, 6.07) is 15.6. The molecule has 2 saturated heterocycles. The highest BCUT2D eigenvalue weighted by atomic mass is 16.7. The molecule has 0 atom stereocenters. The van der Waals surface area contributed by atoms with Crippen LogP contribution in [-0.2, 0) is 9.47 Å². The summed E-state index contributed by atoms with van der Waals surface area (Å²) >= 11 is 0. The number of rotatable bonds is 3. The van der Waals surface area contributed by atoms with Crippen molar-refractivity contribution in [3.63, 3.8) is 0 Å². The van der Waals surface area contributed by atoms with E-state index in [1.807, 2.05) is 60.4 Å². The van der Waals surface area contributed by atoms with Crippen LogP contribution < -0.4 is 0 Å². The second kappa shape index (κ2) is 7.70. The molecule has 154 valence electrons. The number of hydrogen-bond acceptors (Lipinski definition) is 5. The molecule has 3 heterocycles. The fourth-order valence-electron chi connectivity index (χ4n) is 4.11. The second-order valence-electron chi connectivity index (χ2n) is 7.84. The van der Waals surface area contributed by atoms with Gasteiger partial charge in [-0.1, -0.05) is 42.0 Å². The summed E-state index contributed by atoms with van der Waals surface area (Å²) in [7, 11) is 0. The first-order valence-corrected chi connectivity index (χ1v) is 10.3. The number of nitrogens with zero attached hydrogens (tertiary/aromatic N) is 2. The van der Waals surface area contributed by atoms with Crippen molar-refractivity contribution in [3.8, 4) is 22.8 Å². The maximum absolute atomic E-state index is 13.3. The zero-order chi connectivity index (χ0) is 20.6. The molecule has 30 heavy (non-hydrogen) atoms. The molecule has 0 N–H and O–H groups in total. The molecule has 0 saturated carbocycles. The van der Waals surface area contributed by atoms with Gasteiger partial charge in [0.05, 0.1) is 25.0 Å². The SMILES string of the molecule is Cc1ccc(-c2cnc(-c3ccccc3C(=O)N3CCC4(CC3)OCCO4)o2)cc1. The molecule has 2 aromatic carbocycles. The van der Waals surface area contributed by atoms with E-state index >= 15 is 0 Å². The van der Waals surface area contributed by atoms with Crippen LogP contribution in [0.15, 0.2) is 59.1 Å². The van der Waals surface area contributed by atoms with Gasteiger partial charge in [-0.2, -0.15) is 0 Å². The van der Waals surface area contributed by atoms with Crippen molar-refractivity contribution in [2.75, 3.05) is 26.3 Å². The standard InChI is InChI=1S/C24H24N2O4/c1-17-6-8-18(9-7-17)21-16-25-22(30-21)19-4-2-3-5-20(19)23(27)26-12-10-24(11-13-26)28-14-15-29-24/h2-9,16H,10-15H2,1H3. The Labute approximate surface area is 175 Å². The fraction of sp³-hybridized carbons (Fsp3) is 0.333. The first-order chi connectivity index (χ1) is 14.6. The number of ether oxygens (including phenoxy) is 2. The van der Waals surface area contributed by atoms with Crippen molar-refractivity contribution < 1.29 is 18.7 Å². The van der Waals surface area contributed by atoms with Crippen LogP contribution in [0.4, 0.5) is 0 Å². The fourth-order valence-corrected chi connectivity index (χ4v) is 4.11. The van der Waals surface area contributed by atoms with Crippen LogP contribution in [0.3, 0.4) is 0 Å². The van der Waals surface area contributed by atoms with Crippen molar-refractivity contribution in [2.45, 2.75) is 25.6 Å². The molecule has 0 radical (unpaired) electrons. The summed E-state index contributed by atoms with van der Waals surface area (Å²) in [6.45, 7) is 4.51. The summed E-state index contributed by atoms with van der Waals surface area (Å²) in [6.07, 6.45) is 3.09. The number of aromatic nitrogens is 1. The highest BCUT2D eigenvalue weighted by Crippen LogP contribution is 2.33. The van der Waals surface area contributed by atoms with Crippen LogP contribution >= 0.6 is 0 Å². The Morgan fingerprint density at radius 1 is 1.00 bits per heavy atom. The molecule has 0 bridgehead atoms. The third kappa shape index (κ3) is 3.53. The average Bonchev–Trinajstić information content (AvgIpc) is 3.45. The largest absolute Gasteiger partial charge is 0.436 e. The maximum Gasteiger partial charge on any atom is 0.254 e. The van der Waals surface area contributed by atoms with Crippen molar-refractivity contribution in [3.05, 3.63) is 65.9 Å². The molecule has 2 fully saturated rings. The predicted octanol–water partition coefficient (Wildman–Crippen LogP) is 4.30. The quantitative estimate of drug-likeness (QED) is 0.651. The van der Waals surface area contributed by atoms with Gasteiger partial charge >= 0.3 is 0 Å². The average molecular weight is 404 g/mol. The normalized spacial score (nSPS) is 18.1. The zero-order valence-electron chi connectivity index (χ0n) is 17.0. The van der Waals surface area contributed by atoms with E-state index in [0.29, 0.717) is 61.9 Å². The van der Waals surface area contributed by atoms with Gasteiger partial charge in [-0.3, -0.25) is 4.79 Å². The summed E-state index contributed by atoms with van der Waals surface area (Å²) in [5.41, 5.74) is 3.45. The minimum atomic E-state index is -0.498. The molecule has 1 amide bonds. The Bertz CT molecular complexity index is 1040. The number of hydrogen-bond donors (Lipinski definition) is 0. The number of oxazole rings is 1. The van der Waals surface area contributed by atoms with E-state index in [-0.39, 0.29) is 5.91 Å². The zero-order valence-corrected chi connectivity index (χ0v) is 17.0. The molecule has 0 aliphatic carbocycles. The molecule has 1 spiro atoms. The van der Waals surface area contributed by atoms with E-state index in [0.717, 1.165) is 5.56 Å². The molecule has 6 nitrogen and oxygen atoms in total. The maximum atomic E-state index is 13.3. The first kappa shape index (κ1) is 19.0. The summed E-state index contributed by atoms with van der Waals surface area (Å²) in [4.78, 5) is 19.6. The lowest BCUT2D eigenvalue weighted by Crippen LogP contribution is -2.47. The van der Waals surface area contributed by atoms with Crippen LogP contribution in [0.2, 0.25) is 0 Å². The third-order valence-electron chi connectivity index (χ3n) is 5.86. The van der Waals surface area contributed by atoms with Crippen LogP contribution in [-0.4, -0.2) is 47.9 Å². The lowest BCUT2D eigenvalue weighted by molar-refractivity contribution is -0.181. The van der Waals surface area contributed by atoms with Crippen molar-refractivity contribution in [1.82, 2.24) is 9.88 Å². The molecular weight excluding hydrogens is 380 g/mol. The van der Waals surface area contributed by atoms with Gasteiger partial charge in [0.25, 0.3) is 5.91 Å². The Morgan fingerprint density at radius 2 is 1.70 bits per heavy atom. The summed E-state index contributed by atoms with van der Waals surface area (Å²) < 4.78 is 17.6. The van der Waals surface area contributed by atoms with Gasteiger partial charge in [0.15, 0.2) is 11.5 Å². The molecular formula is C24H24N2O4. The van der Waals surface area contributed by atoms with Crippen LogP contribution in [0.25, 0.3) is 22.8 Å². The summed E-state index contributed by atoms with van der Waals surface area (Å²) in [5.74, 6) is 0.614. The minimum absolute atomic E-state index is 0.0199. The molecule has 5 rings (SSSR count). The van der Waals surface area contributed by atoms with Gasteiger partial charge in [0, 0.05) is 37.1 Å². The number of benzene rings is 2. The number of likely N-dealkylation sites (tertiary alicyclic amines) is 1. The van der Waals surface area contributed by atoms with Crippen LogP contribution in [0, 0.1) is 6.92 Å². The number of aryl methyl sites for hydroxylation is 1. The topological polar surface area (TPSA) is 64.8 Å². The van der Waals surface area contributed by atoms with Crippen LogP contribution in [0.1, 0.15) is 28.8 Å². The number of carbonyl (C=O) groups is 1. The molecule has 2 aliphatic heterocycles. The Balaban J connectivity index is 1.38. The van der Waals surface area contributed by atoms with Gasteiger partial charge in [-0.15, -0.1) is 0 Å². The van der Waals surface area contributed by atoms with E-state index in [1.54, 1.807) is 6.20 Å². The second-order valence-corrected chi connectivity index (χ2v) is 7.84. The van der Waals surface area contributed by atoms with E-state index in [9.17, 15) is 4.79 Å². The molecule has 3 aromatic rings. The van der Waals surface area contributed by atoms with E-state index in [1.165, 1.54) is 5.56 Å². The Hall–Kier alpha value is -2.96. The number of carbonyl (C=O) groups excluding carboxylic acids is 1. The van der Waals surface area contributed by atoms with Crippen LogP contribution in [0.5, 0.6) is 0 Å². The van der Waals surface area contributed by atoms with Crippen molar-refractivity contribution in [1.29, 1.82) is 0 Å². The Morgan fingerprint density at radius 3 is 2.43 bits per heavy atom. The molecule has 6 heteroatoms. The van der Waals surface area contributed by atoms with Crippen molar-refractivity contribution in [2.24, 2.45) is 0 Å². The monoisotopic (exact) mass is 404 g/mol. The smallest absolute Gasteiger partial charge is 0.254 e. The highest BCUT2D eigenvalue weighted by Gasteiger charge is 2.41.